The topological polar surface area (TPSA) is 78.4 Å². The van der Waals surface area contributed by atoms with Gasteiger partial charge in [-0.15, -0.1) is 0 Å². The van der Waals surface area contributed by atoms with Crippen LogP contribution in [-0.2, 0) is 15.8 Å². The Balaban J connectivity index is 2.79. The number of aliphatic hydroxyl groups excluding tert-OH is 1. The third kappa shape index (κ3) is 4.39. The Morgan fingerprint density at radius 3 is 2.40 bits per heavy atom. The number of halogens is 4. The Morgan fingerprint density at radius 1 is 1.25 bits per heavy atom. The van der Waals surface area contributed by atoms with Crippen molar-refractivity contribution in [1.82, 2.24) is 5.32 Å². The number of rotatable bonds is 3. The van der Waals surface area contributed by atoms with Crippen LogP contribution in [0.25, 0.3) is 0 Å². The van der Waals surface area contributed by atoms with E-state index >= 15 is 0 Å². The fourth-order valence-corrected chi connectivity index (χ4v) is 1.45. The predicted molar refractivity (Wildman–Crippen MR) is 65.2 cm³/mol. The monoisotopic (exact) mass is 310 g/mol. The maximum atomic E-state index is 12.4. The van der Waals surface area contributed by atoms with Crippen LogP contribution >= 0.6 is 11.6 Å². The van der Waals surface area contributed by atoms with Gasteiger partial charge in [0.25, 0.3) is 0 Å². The maximum absolute atomic E-state index is 12.4. The average molecular weight is 311 g/mol. The summed E-state index contributed by atoms with van der Waals surface area (Å²) in [6, 6.07) is 2.32. The van der Waals surface area contributed by atoms with Crippen molar-refractivity contribution in [2.24, 2.45) is 0 Å². The molecule has 0 spiro atoms. The van der Waals surface area contributed by atoms with Crippen LogP contribution in [0.1, 0.15) is 5.56 Å². The first-order chi connectivity index (χ1) is 9.25. The molecule has 0 radical (unpaired) electrons. The van der Waals surface area contributed by atoms with Gasteiger partial charge in [0.15, 0.2) is 0 Å². The lowest BCUT2D eigenvalue weighted by molar-refractivity contribution is -0.137. The third-order valence-electron chi connectivity index (χ3n) is 2.15. The van der Waals surface area contributed by atoms with Crippen LogP contribution in [0.3, 0.4) is 0 Å². The van der Waals surface area contributed by atoms with E-state index in [1.54, 1.807) is 0 Å². The van der Waals surface area contributed by atoms with Gasteiger partial charge in [0.05, 0.1) is 22.9 Å². The highest BCUT2D eigenvalue weighted by atomic mass is 35.5. The van der Waals surface area contributed by atoms with Crippen molar-refractivity contribution in [3.63, 3.8) is 0 Å². The lowest BCUT2D eigenvalue weighted by atomic mass is 10.2. The van der Waals surface area contributed by atoms with Crippen LogP contribution in [-0.4, -0.2) is 30.1 Å². The molecule has 1 aromatic rings. The van der Waals surface area contributed by atoms with Gasteiger partial charge in [-0.2, -0.15) is 13.2 Å². The summed E-state index contributed by atoms with van der Waals surface area (Å²) in [6.07, 6.45) is -4.55. The lowest BCUT2D eigenvalue weighted by Crippen LogP contribution is -2.36. The van der Waals surface area contributed by atoms with Crippen molar-refractivity contribution in [1.29, 1.82) is 0 Å². The molecule has 5 nitrogen and oxygen atoms in total. The Bertz CT molecular complexity index is 520. The van der Waals surface area contributed by atoms with Crippen molar-refractivity contribution in [3.8, 4) is 0 Å². The quantitative estimate of drug-likeness (QED) is 0.739. The minimum Gasteiger partial charge on any atom is -0.395 e. The molecule has 2 amide bonds. The second kappa shape index (κ2) is 6.58. The SMILES string of the molecule is O=C(NCCO)C(=O)Nc1ccc(C(F)(F)F)cc1Cl. The van der Waals surface area contributed by atoms with Crippen molar-refractivity contribution in [3.05, 3.63) is 28.8 Å². The average Bonchev–Trinajstić information content (AvgIpc) is 2.36. The minimum absolute atomic E-state index is 0.118. The molecular weight excluding hydrogens is 301 g/mol. The van der Waals surface area contributed by atoms with Crippen LogP contribution in [0.2, 0.25) is 5.02 Å². The van der Waals surface area contributed by atoms with Crippen LogP contribution in [0, 0.1) is 0 Å². The first-order valence-electron chi connectivity index (χ1n) is 5.32. The first kappa shape index (κ1) is 16.3. The molecule has 110 valence electrons. The van der Waals surface area contributed by atoms with Gasteiger partial charge in [0.1, 0.15) is 0 Å². The molecule has 9 heteroatoms. The van der Waals surface area contributed by atoms with Crippen molar-refractivity contribution in [2.75, 3.05) is 18.5 Å². The molecule has 0 saturated heterocycles. The van der Waals surface area contributed by atoms with E-state index < -0.39 is 23.6 Å². The molecule has 0 heterocycles. The van der Waals surface area contributed by atoms with E-state index in [-0.39, 0.29) is 23.9 Å². The molecule has 0 aromatic heterocycles. The van der Waals surface area contributed by atoms with Crippen LogP contribution in [0.5, 0.6) is 0 Å². The van der Waals surface area contributed by atoms with Gasteiger partial charge in [-0.1, -0.05) is 11.6 Å². The molecule has 0 bridgehead atoms. The van der Waals surface area contributed by atoms with Crippen molar-refractivity contribution in [2.45, 2.75) is 6.18 Å². The molecule has 0 saturated carbocycles. The first-order valence-corrected chi connectivity index (χ1v) is 5.70. The number of alkyl halides is 3. The van der Waals surface area contributed by atoms with Gasteiger partial charge >= 0.3 is 18.0 Å². The standard InChI is InChI=1S/C11H10ClF3N2O3/c12-7-5-6(11(13,14)15)1-2-8(7)17-10(20)9(19)16-3-4-18/h1-2,5,18H,3-4H2,(H,16,19)(H,17,20). The second-order valence-electron chi connectivity index (χ2n) is 3.63. The van der Waals surface area contributed by atoms with E-state index in [0.29, 0.717) is 6.07 Å². The Kier molecular flexibility index (Phi) is 5.34. The summed E-state index contributed by atoms with van der Waals surface area (Å²) in [4.78, 5) is 22.6. The van der Waals surface area contributed by atoms with Gasteiger partial charge in [0.2, 0.25) is 0 Å². The van der Waals surface area contributed by atoms with Crippen LogP contribution < -0.4 is 10.6 Å². The maximum Gasteiger partial charge on any atom is 0.416 e. The largest absolute Gasteiger partial charge is 0.416 e. The van der Waals surface area contributed by atoms with E-state index in [1.165, 1.54) is 0 Å². The normalized spacial score (nSPS) is 11.1. The molecule has 0 aliphatic carbocycles. The highest BCUT2D eigenvalue weighted by molar-refractivity contribution is 6.41. The number of anilines is 1. The van der Waals surface area contributed by atoms with Gasteiger partial charge in [-0.05, 0) is 18.2 Å². The summed E-state index contributed by atoms with van der Waals surface area (Å²) in [7, 11) is 0. The van der Waals surface area contributed by atoms with Crippen LogP contribution in [0.4, 0.5) is 18.9 Å². The Morgan fingerprint density at radius 2 is 1.90 bits per heavy atom. The van der Waals surface area contributed by atoms with Gasteiger partial charge < -0.3 is 15.7 Å². The van der Waals surface area contributed by atoms with E-state index in [1.807, 2.05) is 0 Å². The molecule has 1 rings (SSSR count). The molecule has 0 aliphatic heterocycles. The van der Waals surface area contributed by atoms with Gasteiger partial charge in [0, 0.05) is 6.54 Å². The Hall–Kier alpha value is -1.80. The summed E-state index contributed by atoms with van der Waals surface area (Å²) in [5.74, 6) is -2.13. The number of carbonyl (C=O) groups excluding carboxylic acids is 2. The zero-order valence-corrected chi connectivity index (χ0v) is 10.7. The number of amides is 2. The highest BCUT2D eigenvalue weighted by Gasteiger charge is 2.31. The number of hydrogen-bond donors (Lipinski definition) is 3. The summed E-state index contributed by atoms with van der Waals surface area (Å²) in [5.41, 5.74) is -1.09. The summed E-state index contributed by atoms with van der Waals surface area (Å²) >= 11 is 5.60. The number of nitrogens with one attached hydrogen (secondary N) is 2. The van der Waals surface area contributed by atoms with Crippen molar-refractivity contribution < 1.29 is 27.9 Å². The fraction of sp³-hybridized carbons (Fsp3) is 0.273. The minimum atomic E-state index is -4.55. The zero-order chi connectivity index (χ0) is 15.3. The lowest BCUT2D eigenvalue weighted by Gasteiger charge is -2.10. The fourth-order valence-electron chi connectivity index (χ4n) is 1.22. The molecule has 0 aliphatic rings. The van der Waals surface area contributed by atoms with Gasteiger partial charge in [-0.3, -0.25) is 9.59 Å². The molecule has 0 atom stereocenters. The van der Waals surface area contributed by atoms with Crippen LogP contribution in [0.15, 0.2) is 18.2 Å². The summed E-state index contributed by atoms with van der Waals surface area (Å²) < 4.78 is 37.2. The molecule has 1 aromatic carbocycles. The zero-order valence-electron chi connectivity index (χ0n) is 9.92. The van der Waals surface area contributed by atoms with E-state index in [2.05, 4.69) is 10.6 Å². The van der Waals surface area contributed by atoms with Crippen molar-refractivity contribution >= 4 is 29.1 Å². The molecule has 0 fully saturated rings. The number of benzene rings is 1. The van der Waals surface area contributed by atoms with E-state index in [4.69, 9.17) is 16.7 Å². The molecular formula is C11H10ClF3N2O3. The number of carbonyl (C=O) groups is 2. The van der Waals surface area contributed by atoms with E-state index in [0.717, 1.165) is 12.1 Å². The molecule has 3 N–H and O–H groups in total. The van der Waals surface area contributed by atoms with E-state index in [9.17, 15) is 22.8 Å². The summed E-state index contributed by atoms with van der Waals surface area (Å²) in [6.45, 7) is -0.465. The second-order valence-corrected chi connectivity index (χ2v) is 4.03. The molecule has 20 heavy (non-hydrogen) atoms. The van der Waals surface area contributed by atoms with Gasteiger partial charge in [-0.25, -0.2) is 0 Å². The molecule has 0 unspecified atom stereocenters. The number of aliphatic hydroxyl groups is 1. The number of hydrogen-bond acceptors (Lipinski definition) is 3. The smallest absolute Gasteiger partial charge is 0.395 e. The Labute approximate surface area is 116 Å². The predicted octanol–water partition coefficient (Wildman–Crippen LogP) is 1.41. The third-order valence-corrected chi connectivity index (χ3v) is 2.46. The highest BCUT2D eigenvalue weighted by Crippen LogP contribution is 2.33. The summed E-state index contributed by atoms with van der Waals surface area (Å²) in [5, 5.41) is 12.3.